The first-order valence-corrected chi connectivity index (χ1v) is 8.60. The molecule has 1 fully saturated rings. The van der Waals surface area contributed by atoms with Crippen LogP contribution in [0.4, 0.5) is 4.79 Å². The Hall–Kier alpha value is -2.08. The maximum Gasteiger partial charge on any atom is 0.409 e. The number of ether oxygens (including phenoxy) is 1. The second kappa shape index (κ2) is 9.27. The van der Waals surface area contributed by atoms with Gasteiger partial charge in [0.05, 0.1) is 6.61 Å². The first-order chi connectivity index (χ1) is 11.6. The summed E-state index contributed by atoms with van der Waals surface area (Å²) >= 11 is 0. The molecule has 0 spiro atoms. The molecule has 1 aromatic rings. The van der Waals surface area contributed by atoms with Crippen LogP contribution in [0, 0.1) is 6.92 Å². The Bertz CT molecular complexity index is 537. The molecule has 2 amide bonds. The van der Waals surface area contributed by atoms with Crippen LogP contribution in [0.1, 0.15) is 35.7 Å². The summed E-state index contributed by atoms with van der Waals surface area (Å²) in [6, 6.07) is 7.92. The van der Waals surface area contributed by atoms with E-state index in [0.717, 1.165) is 24.9 Å². The van der Waals surface area contributed by atoms with E-state index in [1.165, 1.54) is 0 Å². The highest BCUT2D eigenvalue weighted by atomic mass is 16.6. The number of hydrogen-bond donors (Lipinski definition) is 2. The fourth-order valence-electron chi connectivity index (χ4n) is 2.74. The number of piperidine rings is 1. The van der Waals surface area contributed by atoms with Crippen molar-refractivity contribution in [3.8, 4) is 0 Å². The molecule has 0 aromatic heterocycles. The van der Waals surface area contributed by atoms with Crippen molar-refractivity contribution in [3.05, 3.63) is 35.4 Å². The lowest BCUT2D eigenvalue weighted by atomic mass is 10.1. The van der Waals surface area contributed by atoms with Gasteiger partial charge in [0.2, 0.25) is 0 Å². The molecule has 1 saturated heterocycles. The molecule has 1 aliphatic heterocycles. The third-order valence-electron chi connectivity index (χ3n) is 4.18. The third kappa shape index (κ3) is 5.53. The van der Waals surface area contributed by atoms with Crippen molar-refractivity contribution in [2.24, 2.45) is 0 Å². The minimum absolute atomic E-state index is 0.0473. The van der Waals surface area contributed by atoms with E-state index in [9.17, 15) is 9.59 Å². The Balaban J connectivity index is 1.61. The van der Waals surface area contributed by atoms with Gasteiger partial charge in [0, 0.05) is 37.8 Å². The minimum atomic E-state index is -0.221. The SMILES string of the molecule is CCOC(=O)N1CCC(NCCNC(=O)c2ccc(C)cc2)CC1. The van der Waals surface area contributed by atoms with E-state index in [-0.39, 0.29) is 12.0 Å². The first kappa shape index (κ1) is 18.3. The maximum atomic E-state index is 12.0. The Morgan fingerprint density at radius 3 is 2.46 bits per heavy atom. The molecule has 0 radical (unpaired) electrons. The van der Waals surface area contributed by atoms with Gasteiger partial charge in [-0.3, -0.25) is 4.79 Å². The summed E-state index contributed by atoms with van der Waals surface area (Å²) < 4.78 is 5.01. The number of carbonyl (C=O) groups is 2. The molecular weight excluding hydrogens is 306 g/mol. The third-order valence-corrected chi connectivity index (χ3v) is 4.18. The molecule has 132 valence electrons. The van der Waals surface area contributed by atoms with Crippen LogP contribution in [-0.2, 0) is 4.74 Å². The molecule has 6 nitrogen and oxygen atoms in total. The highest BCUT2D eigenvalue weighted by Gasteiger charge is 2.22. The van der Waals surface area contributed by atoms with Gasteiger partial charge in [-0.2, -0.15) is 0 Å². The van der Waals surface area contributed by atoms with Gasteiger partial charge in [-0.1, -0.05) is 17.7 Å². The van der Waals surface area contributed by atoms with Crippen LogP contribution in [0.25, 0.3) is 0 Å². The van der Waals surface area contributed by atoms with Crippen molar-refractivity contribution >= 4 is 12.0 Å². The maximum absolute atomic E-state index is 12.0. The van der Waals surface area contributed by atoms with E-state index in [1.54, 1.807) is 4.90 Å². The number of nitrogens with zero attached hydrogens (tertiary/aromatic N) is 1. The molecule has 0 saturated carbocycles. The highest BCUT2D eigenvalue weighted by molar-refractivity contribution is 5.94. The van der Waals surface area contributed by atoms with Crippen molar-refractivity contribution < 1.29 is 14.3 Å². The monoisotopic (exact) mass is 333 g/mol. The molecule has 1 aromatic carbocycles. The lowest BCUT2D eigenvalue weighted by Gasteiger charge is -2.31. The van der Waals surface area contributed by atoms with E-state index in [4.69, 9.17) is 4.74 Å². The highest BCUT2D eigenvalue weighted by Crippen LogP contribution is 2.11. The molecule has 0 bridgehead atoms. The molecule has 0 unspecified atom stereocenters. The summed E-state index contributed by atoms with van der Waals surface area (Å²) in [6.45, 7) is 6.97. The summed E-state index contributed by atoms with van der Waals surface area (Å²) in [5, 5.41) is 6.35. The van der Waals surface area contributed by atoms with Gasteiger partial charge in [-0.15, -0.1) is 0 Å². The summed E-state index contributed by atoms with van der Waals surface area (Å²) in [5.41, 5.74) is 1.82. The van der Waals surface area contributed by atoms with Crippen LogP contribution < -0.4 is 10.6 Å². The zero-order chi connectivity index (χ0) is 17.4. The first-order valence-electron chi connectivity index (χ1n) is 8.60. The largest absolute Gasteiger partial charge is 0.450 e. The predicted octanol–water partition coefficient (Wildman–Crippen LogP) is 1.94. The summed E-state index contributed by atoms with van der Waals surface area (Å²) in [4.78, 5) is 25.4. The average molecular weight is 333 g/mol. The second-order valence-corrected chi connectivity index (χ2v) is 6.04. The molecule has 24 heavy (non-hydrogen) atoms. The van der Waals surface area contributed by atoms with Crippen molar-refractivity contribution in [1.82, 2.24) is 15.5 Å². The Morgan fingerprint density at radius 2 is 1.83 bits per heavy atom. The van der Waals surface area contributed by atoms with Gasteiger partial charge in [0.15, 0.2) is 0 Å². The fraction of sp³-hybridized carbons (Fsp3) is 0.556. The van der Waals surface area contributed by atoms with Crippen molar-refractivity contribution in [3.63, 3.8) is 0 Å². The molecule has 0 aliphatic carbocycles. The van der Waals surface area contributed by atoms with Gasteiger partial charge in [-0.25, -0.2) is 4.79 Å². The molecular formula is C18H27N3O3. The van der Waals surface area contributed by atoms with Crippen LogP contribution in [0.5, 0.6) is 0 Å². The van der Waals surface area contributed by atoms with Crippen LogP contribution in [0.2, 0.25) is 0 Å². The molecule has 1 aliphatic rings. The van der Waals surface area contributed by atoms with Crippen LogP contribution >= 0.6 is 0 Å². The van der Waals surface area contributed by atoms with E-state index in [2.05, 4.69) is 10.6 Å². The quantitative estimate of drug-likeness (QED) is 0.781. The van der Waals surface area contributed by atoms with Crippen molar-refractivity contribution in [2.45, 2.75) is 32.7 Å². The topological polar surface area (TPSA) is 70.7 Å². The van der Waals surface area contributed by atoms with Crippen LogP contribution in [0.15, 0.2) is 24.3 Å². The zero-order valence-corrected chi connectivity index (χ0v) is 14.5. The number of rotatable bonds is 6. The number of benzene rings is 1. The Kier molecular flexibility index (Phi) is 7.06. The predicted molar refractivity (Wildman–Crippen MR) is 93.1 cm³/mol. The van der Waals surface area contributed by atoms with E-state index < -0.39 is 0 Å². The number of carbonyl (C=O) groups excluding carboxylic acids is 2. The van der Waals surface area contributed by atoms with Crippen LogP contribution in [-0.4, -0.2) is 55.7 Å². The van der Waals surface area contributed by atoms with E-state index >= 15 is 0 Å². The van der Waals surface area contributed by atoms with Crippen molar-refractivity contribution in [2.75, 3.05) is 32.8 Å². The molecule has 1 heterocycles. The summed E-state index contributed by atoms with van der Waals surface area (Å²) in [7, 11) is 0. The Labute approximate surface area is 143 Å². The number of nitrogens with one attached hydrogen (secondary N) is 2. The minimum Gasteiger partial charge on any atom is -0.450 e. The lowest BCUT2D eigenvalue weighted by molar-refractivity contribution is 0.0931. The average Bonchev–Trinajstić information content (AvgIpc) is 2.60. The number of amides is 2. The van der Waals surface area contributed by atoms with Crippen LogP contribution in [0.3, 0.4) is 0 Å². The van der Waals surface area contributed by atoms with E-state index in [0.29, 0.717) is 37.8 Å². The normalized spacial score (nSPS) is 15.2. The van der Waals surface area contributed by atoms with Gasteiger partial charge < -0.3 is 20.3 Å². The van der Waals surface area contributed by atoms with Gasteiger partial charge in [-0.05, 0) is 38.8 Å². The Morgan fingerprint density at radius 1 is 1.17 bits per heavy atom. The number of likely N-dealkylation sites (tertiary alicyclic amines) is 1. The van der Waals surface area contributed by atoms with Gasteiger partial charge in [0.1, 0.15) is 0 Å². The zero-order valence-electron chi connectivity index (χ0n) is 14.5. The fourth-order valence-corrected chi connectivity index (χ4v) is 2.74. The summed E-state index contributed by atoms with van der Waals surface area (Å²) in [6.07, 6.45) is 1.59. The molecule has 6 heteroatoms. The molecule has 2 rings (SSSR count). The van der Waals surface area contributed by atoms with Crippen molar-refractivity contribution in [1.29, 1.82) is 0 Å². The standard InChI is InChI=1S/C18H27N3O3/c1-3-24-18(23)21-12-8-16(9-13-21)19-10-11-20-17(22)15-6-4-14(2)5-7-15/h4-7,16,19H,3,8-13H2,1-2H3,(H,20,22). The van der Waals surface area contributed by atoms with Gasteiger partial charge >= 0.3 is 6.09 Å². The van der Waals surface area contributed by atoms with E-state index in [1.807, 2.05) is 38.1 Å². The summed E-state index contributed by atoms with van der Waals surface area (Å²) in [5.74, 6) is -0.0473. The van der Waals surface area contributed by atoms with Gasteiger partial charge in [0.25, 0.3) is 5.91 Å². The molecule has 0 atom stereocenters. The smallest absolute Gasteiger partial charge is 0.409 e. The second-order valence-electron chi connectivity index (χ2n) is 6.04. The number of aryl methyl sites for hydroxylation is 1. The lowest BCUT2D eigenvalue weighted by Crippen LogP contribution is -2.46. The molecule has 2 N–H and O–H groups in total. The number of hydrogen-bond acceptors (Lipinski definition) is 4.